The summed E-state index contributed by atoms with van der Waals surface area (Å²) in [5.41, 5.74) is 11.0. The van der Waals surface area contributed by atoms with E-state index in [1.807, 2.05) is 0 Å². The van der Waals surface area contributed by atoms with Gasteiger partial charge in [0, 0.05) is 17.7 Å². The average Bonchev–Trinajstić information content (AvgIpc) is 2.31. The summed E-state index contributed by atoms with van der Waals surface area (Å²) in [5.74, 6) is -0.0883. The third kappa shape index (κ3) is 4.84. The Bertz CT molecular complexity index is 410. The van der Waals surface area contributed by atoms with Gasteiger partial charge >= 0.3 is 0 Å². The van der Waals surface area contributed by atoms with Gasteiger partial charge in [-0.3, -0.25) is 4.79 Å². The number of hydrogen-bond acceptors (Lipinski definition) is 3. The highest BCUT2D eigenvalue weighted by Gasteiger charge is 2.02. The molecule has 1 aromatic rings. The second-order valence-corrected chi connectivity index (χ2v) is 3.15. The van der Waals surface area contributed by atoms with Gasteiger partial charge < -0.3 is 16.2 Å². The summed E-state index contributed by atoms with van der Waals surface area (Å²) in [6, 6.07) is 6.36. The highest BCUT2D eigenvalue weighted by Crippen LogP contribution is 2.13. The predicted molar refractivity (Wildman–Crippen MR) is 65.9 cm³/mol. The highest BCUT2D eigenvalue weighted by molar-refractivity contribution is 5.93. The third-order valence-electron chi connectivity index (χ3n) is 1.96. The lowest BCUT2D eigenvalue weighted by atomic mass is 10.2. The van der Waals surface area contributed by atoms with Gasteiger partial charge in [-0.1, -0.05) is 6.07 Å². The van der Waals surface area contributed by atoms with Crippen LogP contribution in [0.4, 0.5) is 4.39 Å². The molecule has 94 valence electrons. The Balaban J connectivity index is 0.00000256. The van der Waals surface area contributed by atoms with E-state index in [-0.39, 0.29) is 25.6 Å². The Morgan fingerprint density at radius 2 is 2.18 bits per heavy atom. The van der Waals surface area contributed by atoms with E-state index in [0.717, 1.165) is 0 Å². The first-order chi connectivity index (χ1) is 7.67. The maximum Gasteiger partial charge on any atom is 0.248 e. The van der Waals surface area contributed by atoms with Crippen LogP contribution in [0.2, 0.25) is 0 Å². The molecule has 4 N–H and O–H groups in total. The van der Waals surface area contributed by atoms with Gasteiger partial charge in [0.2, 0.25) is 5.91 Å². The number of amides is 1. The molecule has 0 radical (unpaired) electrons. The Hall–Kier alpha value is -1.59. The van der Waals surface area contributed by atoms with Crippen molar-refractivity contribution in [2.24, 2.45) is 11.5 Å². The number of carbonyl (C=O) groups is 1. The summed E-state index contributed by atoms with van der Waals surface area (Å²) in [5, 5.41) is 0. The second kappa shape index (κ2) is 7.65. The van der Waals surface area contributed by atoms with Crippen LogP contribution in [0.5, 0.6) is 5.75 Å². The molecule has 4 nitrogen and oxygen atoms in total. The minimum absolute atomic E-state index is 0. The van der Waals surface area contributed by atoms with Crippen molar-refractivity contribution in [2.75, 3.05) is 13.2 Å². The van der Waals surface area contributed by atoms with E-state index >= 15 is 0 Å². The number of primary amides is 1. The molecule has 0 saturated carbocycles. The molecule has 0 aromatic heterocycles. The van der Waals surface area contributed by atoms with Crippen molar-refractivity contribution in [3.05, 3.63) is 41.7 Å². The van der Waals surface area contributed by atoms with Crippen LogP contribution in [0.15, 0.2) is 36.2 Å². The van der Waals surface area contributed by atoms with Crippen molar-refractivity contribution in [3.63, 3.8) is 0 Å². The van der Waals surface area contributed by atoms with Crippen molar-refractivity contribution in [2.45, 2.75) is 0 Å². The molecule has 0 spiro atoms. The van der Waals surface area contributed by atoms with E-state index < -0.39 is 5.91 Å². The summed E-state index contributed by atoms with van der Waals surface area (Å²) >= 11 is 0. The van der Waals surface area contributed by atoms with Crippen LogP contribution < -0.4 is 16.2 Å². The second-order valence-electron chi connectivity index (χ2n) is 3.15. The zero-order valence-corrected chi connectivity index (χ0v) is 9.87. The predicted octanol–water partition coefficient (Wildman–Crippen LogP) is 1.40. The first-order valence-electron chi connectivity index (χ1n) is 4.68. The quantitative estimate of drug-likeness (QED) is 0.840. The fourth-order valence-corrected chi connectivity index (χ4v) is 1.05. The van der Waals surface area contributed by atoms with E-state index in [9.17, 15) is 9.18 Å². The van der Waals surface area contributed by atoms with Crippen LogP contribution >= 0.6 is 12.4 Å². The van der Waals surface area contributed by atoms with Crippen LogP contribution in [-0.2, 0) is 0 Å². The van der Waals surface area contributed by atoms with E-state index in [2.05, 4.69) is 0 Å². The normalized spacial score (nSPS) is 10.6. The van der Waals surface area contributed by atoms with Crippen molar-refractivity contribution in [1.82, 2.24) is 0 Å². The number of halogens is 2. The molecule has 0 aliphatic heterocycles. The monoisotopic (exact) mass is 260 g/mol. The maximum atomic E-state index is 12.2. The fourth-order valence-electron chi connectivity index (χ4n) is 1.05. The molecular weight excluding hydrogens is 247 g/mol. The van der Waals surface area contributed by atoms with Crippen LogP contribution in [-0.4, -0.2) is 19.1 Å². The Labute approximate surface area is 105 Å². The van der Waals surface area contributed by atoms with Gasteiger partial charge in [-0.15, -0.1) is 12.4 Å². The first kappa shape index (κ1) is 15.4. The van der Waals surface area contributed by atoms with Gasteiger partial charge in [0.15, 0.2) is 0 Å². The van der Waals surface area contributed by atoms with Crippen LogP contribution in [0.1, 0.15) is 10.4 Å². The standard InChI is InChI=1S/C11H13FN2O2.ClH/c12-5-8(6-13)7-16-10-3-1-2-9(4-10)11(14)15;/h1-5H,6-7,13H2,(H2,14,15);1H. The number of benzene rings is 1. The molecule has 0 aliphatic carbocycles. The van der Waals surface area contributed by atoms with Crippen molar-refractivity contribution in [3.8, 4) is 5.75 Å². The summed E-state index contributed by atoms with van der Waals surface area (Å²) in [7, 11) is 0. The van der Waals surface area contributed by atoms with Crippen LogP contribution in [0, 0.1) is 0 Å². The lowest BCUT2D eigenvalue weighted by molar-refractivity contribution is 0.1000. The van der Waals surface area contributed by atoms with Gasteiger partial charge in [0.05, 0.1) is 6.33 Å². The molecule has 0 aliphatic rings. The number of nitrogens with two attached hydrogens (primary N) is 2. The largest absolute Gasteiger partial charge is 0.489 e. The van der Waals surface area contributed by atoms with Gasteiger partial charge in [0.1, 0.15) is 12.4 Å². The zero-order valence-electron chi connectivity index (χ0n) is 9.06. The average molecular weight is 261 g/mol. The van der Waals surface area contributed by atoms with Gasteiger partial charge in [0.25, 0.3) is 0 Å². The minimum Gasteiger partial charge on any atom is -0.489 e. The van der Waals surface area contributed by atoms with Crippen molar-refractivity contribution in [1.29, 1.82) is 0 Å². The topological polar surface area (TPSA) is 78.3 Å². The minimum atomic E-state index is -0.537. The Kier molecular flexibility index (Phi) is 6.93. The number of rotatable bonds is 5. The lowest BCUT2D eigenvalue weighted by Crippen LogP contribution is -2.12. The summed E-state index contributed by atoms with van der Waals surface area (Å²) in [4.78, 5) is 10.9. The maximum absolute atomic E-state index is 12.2. The number of ether oxygens (including phenoxy) is 1. The highest BCUT2D eigenvalue weighted by atomic mass is 35.5. The van der Waals surface area contributed by atoms with E-state index in [4.69, 9.17) is 16.2 Å². The molecular formula is C11H14ClFN2O2. The molecule has 0 unspecified atom stereocenters. The van der Waals surface area contributed by atoms with E-state index in [1.54, 1.807) is 18.2 Å². The molecule has 6 heteroatoms. The van der Waals surface area contributed by atoms with Gasteiger partial charge in [-0.2, -0.15) is 0 Å². The molecule has 1 aromatic carbocycles. The van der Waals surface area contributed by atoms with Gasteiger partial charge in [-0.25, -0.2) is 4.39 Å². The van der Waals surface area contributed by atoms with Crippen molar-refractivity contribution >= 4 is 18.3 Å². The molecule has 1 amide bonds. The summed E-state index contributed by atoms with van der Waals surface area (Å²) in [6.07, 6.45) is 0.415. The van der Waals surface area contributed by atoms with Crippen molar-refractivity contribution < 1.29 is 13.9 Å². The molecule has 0 bridgehead atoms. The van der Waals surface area contributed by atoms with Crippen LogP contribution in [0.25, 0.3) is 0 Å². The zero-order chi connectivity index (χ0) is 12.0. The third-order valence-corrected chi connectivity index (χ3v) is 1.96. The molecule has 0 heterocycles. The van der Waals surface area contributed by atoms with Gasteiger partial charge in [-0.05, 0) is 18.2 Å². The molecule has 0 saturated heterocycles. The summed E-state index contributed by atoms with van der Waals surface area (Å²) < 4.78 is 17.4. The Morgan fingerprint density at radius 3 is 2.71 bits per heavy atom. The lowest BCUT2D eigenvalue weighted by Gasteiger charge is -2.07. The van der Waals surface area contributed by atoms with E-state index in [0.29, 0.717) is 23.2 Å². The fraction of sp³-hybridized carbons (Fsp3) is 0.182. The SMILES string of the molecule is Cl.NCC(=CF)COc1cccc(C(N)=O)c1. The first-order valence-corrected chi connectivity index (χ1v) is 4.68. The van der Waals surface area contributed by atoms with E-state index in [1.165, 1.54) is 6.07 Å². The number of carbonyl (C=O) groups excluding carboxylic acids is 1. The van der Waals surface area contributed by atoms with Crippen LogP contribution in [0.3, 0.4) is 0 Å². The Morgan fingerprint density at radius 1 is 1.47 bits per heavy atom. The summed E-state index contributed by atoms with van der Waals surface area (Å²) in [6.45, 7) is 0.140. The smallest absolute Gasteiger partial charge is 0.248 e. The number of hydrogen-bond donors (Lipinski definition) is 2. The molecule has 17 heavy (non-hydrogen) atoms. The molecule has 0 atom stereocenters. The molecule has 1 rings (SSSR count). The molecule has 0 fully saturated rings.